The first-order valence-corrected chi connectivity index (χ1v) is 6.43. The lowest BCUT2D eigenvalue weighted by Crippen LogP contribution is -2.25. The maximum atomic E-state index is 11.9. The van der Waals surface area contributed by atoms with Crippen LogP contribution >= 0.6 is 0 Å². The fraction of sp³-hybridized carbons (Fsp3) is 0.214. The van der Waals surface area contributed by atoms with Crippen LogP contribution in [0.15, 0.2) is 44.0 Å². The monoisotopic (exact) mass is 287 g/mol. The first-order valence-electron chi connectivity index (χ1n) is 6.43. The van der Waals surface area contributed by atoms with E-state index in [2.05, 4.69) is 15.6 Å². The number of furan rings is 1. The van der Waals surface area contributed by atoms with E-state index in [0.717, 1.165) is 11.5 Å². The number of carbonyl (C=O) groups excluding carboxylic acids is 1. The van der Waals surface area contributed by atoms with E-state index >= 15 is 0 Å². The van der Waals surface area contributed by atoms with E-state index in [0.29, 0.717) is 24.5 Å². The van der Waals surface area contributed by atoms with Crippen LogP contribution in [0.5, 0.6) is 0 Å². The Bertz CT molecular complexity index is 727. The highest BCUT2D eigenvalue weighted by Gasteiger charge is 2.14. The van der Waals surface area contributed by atoms with Gasteiger partial charge in [0.25, 0.3) is 5.91 Å². The molecule has 108 valence electrons. The molecule has 3 aromatic heterocycles. The fourth-order valence-corrected chi connectivity index (χ4v) is 1.84. The third-order valence-corrected chi connectivity index (χ3v) is 2.84. The van der Waals surface area contributed by atoms with Gasteiger partial charge in [0.1, 0.15) is 5.76 Å². The van der Waals surface area contributed by atoms with Crippen molar-refractivity contribution < 1.29 is 18.3 Å². The van der Waals surface area contributed by atoms with Crippen molar-refractivity contribution in [3.63, 3.8) is 0 Å². The molecule has 1 amide bonds. The molecule has 0 aliphatic rings. The Morgan fingerprint density at radius 1 is 1.24 bits per heavy atom. The first-order chi connectivity index (χ1) is 10.2. The number of nitrogens with one attached hydrogen (secondary N) is 1. The Morgan fingerprint density at radius 2 is 2.14 bits per heavy atom. The van der Waals surface area contributed by atoms with E-state index in [4.69, 9.17) is 13.5 Å². The van der Waals surface area contributed by atoms with Gasteiger partial charge in [0.2, 0.25) is 5.76 Å². The highest BCUT2D eigenvalue weighted by Crippen LogP contribution is 2.20. The third kappa shape index (κ3) is 3.02. The maximum absolute atomic E-state index is 11.9. The predicted octanol–water partition coefficient (Wildman–Crippen LogP) is 2.20. The van der Waals surface area contributed by atoms with Crippen molar-refractivity contribution in [2.75, 3.05) is 6.54 Å². The molecule has 0 unspecified atom stereocenters. The molecule has 0 bridgehead atoms. The summed E-state index contributed by atoms with van der Waals surface area (Å²) in [5.74, 6) is 1.35. The van der Waals surface area contributed by atoms with Gasteiger partial charge in [0, 0.05) is 25.1 Å². The topological polar surface area (TPSA) is 94.3 Å². The van der Waals surface area contributed by atoms with E-state index in [-0.39, 0.29) is 11.6 Å². The zero-order chi connectivity index (χ0) is 14.7. The Labute approximate surface area is 119 Å². The van der Waals surface area contributed by atoms with Crippen LogP contribution < -0.4 is 5.32 Å². The molecule has 7 heteroatoms. The van der Waals surface area contributed by atoms with Crippen LogP contribution in [0.25, 0.3) is 11.5 Å². The van der Waals surface area contributed by atoms with Gasteiger partial charge in [0.05, 0.1) is 12.0 Å². The number of amides is 1. The summed E-state index contributed by atoms with van der Waals surface area (Å²) < 4.78 is 15.3. The number of aryl methyl sites for hydroxylation is 1. The zero-order valence-corrected chi connectivity index (χ0v) is 11.3. The molecule has 0 radical (unpaired) electrons. The van der Waals surface area contributed by atoms with Gasteiger partial charge >= 0.3 is 0 Å². The van der Waals surface area contributed by atoms with E-state index in [1.807, 2.05) is 13.0 Å². The van der Waals surface area contributed by atoms with Crippen LogP contribution in [0.4, 0.5) is 0 Å². The summed E-state index contributed by atoms with van der Waals surface area (Å²) in [7, 11) is 0. The molecule has 1 N–H and O–H groups in total. The van der Waals surface area contributed by atoms with Gasteiger partial charge in [-0.3, -0.25) is 4.79 Å². The molecule has 21 heavy (non-hydrogen) atoms. The number of nitrogens with zero attached hydrogens (tertiary/aromatic N) is 2. The lowest BCUT2D eigenvalue weighted by Gasteiger charge is -1.99. The van der Waals surface area contributed by atoms with Gasteiger partial charge in [-0.1, -0.05) is 10.3 Å². The van der Waals surface area contributed by atoms with Crippen molar-refractivity contribution in [3.05, 3.63) is 47.7 Å². The molecule has 3 aromatic rings. The van der Waals surface area contributed by atoms with Crippen molar-refractivity contribution in [2.45, 2.75) is 13.3 Å². The molecule has 0 aliphatic heterocycles. The molecule has 0 atom stereocenters. The minimum atomic E-state index is -0.312. The van der Waals surface area contributed by atoms with Crippen molar-refractivity contribution in [1.29, 1.82) is 0 Å². The summed E-state index contributed by atoms with van der Waals surface area (Å²) in [6.45, 7) is 2.27. The van der Waals surface area contributed by atoms with Gasteiger partial charge in [-0.05, 0) is 19.1 Å². The number of hydrogen-bond donors (Lipinski definition) is 1. The second-order valence-corrected chi connectivity index (χ2v) is 4.49. The second kappa shape index (κ2) is 5.66. The molecule has 0 saturated carbocycles. The molecule has 0 spiro atoms. The van der Waals surface area contributed by atoms with Crippen LogP contribution in [0.3, 0.4) is 0 Å². The van der Waals surface area contributed by atoms with Crippen LogP contribution in [-0.2, 0) is 6.42 Å². The summed E-state index contributed by atoms with van der Waals surface area (Å²) in [5, 5.41) is 10.2. The molecular weight excluding hydrogens is 274 g/mol. The Hall–Kier alpha value is -2.83. The Kier molecular flexibility index (Phi) is 3.55. The first kappa shape index (κ1) is 13.2. The zero-order valence-electron chi connectivity index (χ0n) is 11.3. The molecular formula is C14H13N3O4. The molecule has 0 aliphatic carbocycles. The lowest BCUT2D eigenvalue weighted by atomic mass is 10.3. The number of aromatic nitrogens is 2. The normalized spacial score (nSPS) is 10.7. The van der Waals surface area contributed by atoms with Crippen LogP contribution in [0.1, 0.15) is 21.9 Å². The van der Waals surface area contributed by atoms with E-state index in [1.54, 1.807) is 12.1 Å². The third-order valence-electron chi connectivity index (χ3n) is 2.84. The van der Waals surface area contributed by atoms with Gasteiger partial charge in [-0.25, -0.2) is 0 Å². The standard InChI is InChI=1S/C14H13N3O4/c1-9-7-10(20-16-9)4-5-15-14(18)11-8-13(21-17-11)12-3-2-6-19-12/h2-3,6-8H,4-5H2,1H3,(H,15,18). The van der Waals surface area contributed by atoms with E-state index in [1.165, 1.54) is 12.3 Å². The molecule has 0 fully saturated rings. The predicted molar refractivity (Wildman–Crippen MR) is 71.5 cm³/mol. The number of carbonyl (C=O) groups is 1. The quantitative estimate of drug-likeness (QED) is 0.773. The molecule has 7 nitrogen and oxygen atoms in total. The van der Waals surface area contributed by atoms with Crippen molar-refractivity contribution in [1.82, 2.24) is 15.6 Å². The fourth-order valence-electron chi connectivity index (χ4n) is 1.84. The van der Waals surface area contributed by atoms with Gasteiger partial charge in [0.15, 0.2) is 11.5 Å². The van der Waals surface area contributed by atoms with E-state index in [9.17, 15) is 4.79 Å². The minimum Gasteiger partial charge on any atom is -0.461 e. The molecule has 3 heterocycles. The smallest absolute Gasteiger partial charge is 0.273 e. The van der Waals surface area contributed by atoms with Crippen molar-refractivity contribution >= 4 is 5.91 Å². The average Bonchev–Trinajstić information content (AvgIpc) is 3.19. The van der Waals surface area contributed by atoms with Crippen LogP contribution in [0.2, 0.25) is 0 Å². The van der Waals surface area contributed by atoms with Crippen LogP contribution in [-0.4, -0.2) is 22.8 Å². The summed E-state index contributed by atoms with van der Waals surface area (Å²) >= 11 is 0. The van der Waals surface area contributed by atoms with Crippen LogP contribution in [0, 0.1) is 6.92 Å². The summed E-state index contributed by atoms with van der Waals surface area (Å²) in [6.07, 6.45) is 2.09. The molecule has 0 saturated heterocycles. The van der Waals surface area contributed by atoms with Gasteiger partial charge < -0.3 is 18.8 Å². The largest absolute Gasteiger partial charge is 0.461 e. The summed E-state index contributed by atoms with van der Waals surface area (Å²) in [5.41, 5.74) is 1.02. The Morgan fingerprint density at radius 3 is 2.86 bits per heavy atom. The highest BCUT2D eigenvalue weighted by molar-refractivity contribution is 5.92. The molecule has 3 rings (SSSR count). The van der Waals surface area contributed by atoms with Crippen molar-refractivity contribution in [2.24, 2.45) is 0 Å². The van der Waals surface area contributed by atoms with Gasteiger partial charge in [-0.15, -0.1) is 0 Å². The Balaban J connectivity index is 1.56. The maximum Gasteiger partial charge on any atom is 0.273 e. The SMILES string of the molecule is Cc1cc(CCNC(=O)c2cc(-c3ccco3)on2)on1. The summed E-state index contributed by atoms with van der Waals surface area (Å²) in [4.78, 5) is 11.9. The molecule has 0 aromatic carbocycles. The average molecular weight is 287 g/mol. The minimum absolute atomic E-state index is 0.204. The number of rotatable bonds is 5. The lowest BCUT2D eigenvalue weighted by molar-refractivity contribution is 0.0944. The number of hydrogen-bond acceptors (Lipinski definition) is 6. The summed E-state index contributed by atoms with van der Waals surface area (Å²) in [6, 6.07) is 6.83. The van der Waals surface area contributed by atoms with E-state index < -0.39 is 0 Å². The second-order valence-electron chi connectivity index (χ2n) is 4.49. The van der Waals surface area contributed by atoms with Crippen molar-refractivity contribution in [3.8, 4) is 11.5 Å². The van der Waals surface area contributed by atoms with Gasteiger partial charge in [-0.2, -0.15) is 0 Å². The highest BCUT2D eigenvalue weighted by atomic mass is 16.5.